The lowest BCUT2D eigenvalue weighted by atomic mass is 9.94. The number of nitrogen functional groups attached to an aromatic ring is 1. The largest absolute Gasteiger partial charge is 0.481 e. The van der Waals surface area contributed by atoms with Gasteiger partial charge in [-0.15, -0.1) is 11.3 Å². The molecule has 0 aliphatic heterocycles. The van der Waals surface area contributed by atoms with Crippen LogP contribution >= 0.6 is 11.3 Å². The highest BCUT2D eigenvalue weighted by molar-refractivity contribution is 7.13. The molecule has 0 bridgehead atoms. The van der Waals surface area contributed by atoms with Crippen molar-refractivity contribution in [3.8, 4) is 0 Å². The fourth-order valence-electron chi connectivity index (χ4n) is 2.04. The Morgan fingerprint density at radius 1 is 1.45 bits per heavy atom. The minimum atomic E-state index is -0.770. The smallest absolute Gasteiger partial charge is 0.303 e. The first-order chi connectivity index (χ1) is 9.52. The summed E-state index contributed by atoms with van der Waals surface area (Å²) < 4.78 is 0. The molecule has 1 heterocycles. The van der Waals surface area contributed by atoms with Crippen LogP contribution in [-0.4, -0.2) is 28.5 Å². The molecule has 1 aromatic rings. The third kappa shape index (κ3) is 6.01. The molecule has 6 nitrogen and oxygen atoms in total. The second kappa shape index (κ2) is 8.52. The number of nitrogens with two attached hydrogens (primary N) is 1. The Hall–Kier alpha value is -1.63. The number of thiazole rings is 1. The van der Waals surface area contributed by atoms with Crippen molar-refractivity contribution >= 4 is 28.3 Å². The second-order valence-corrected chi connectivity index (χ2v) is 5.59. The molecule has 0 saturated heterocycles. The summed E-state index contributed by atoms with van der Waals surface area (Å²) in [5, 5.41) is 13.5. The lowest BCUT2D eigenvalue weighted by Gasteiger charge is -2.15. The fourth-order valence-corrected chi connectivity index (χ4v) is 2.58. The average molecular weight is 299 g/mol. The van der Waals surface area contributed by atoms with E-state index in [1.807, 2.05) is 0 Å². The van der Waals surface area contributed by atoms with Crippen molar-refractivity contribution in [3.05, 3.63) is 11.1 Å². The summed E-state index contributed by atoms with van der Waals surface area (Å²) in [5.74, 6) is -0.670. The van der Waals surface area contributed by atoms with Crippen LogP contribution in [0.4, 0.5) is 5.13 Å². The van der Waals surface area contributed by atoms with Gasteiger partial charge in [0.1, 0.15) is 5.69 Å². The summed E-state index contributed by atoms with van der Waals surface area (Å²) in [6.45, 7) is 2.60. The van der Waals surface area contributed by atoms with Crippen LogP contribution in [0.2, 0.25) is 0 Å². The molecule has 0 saturated carbocycles. The zero-order valence-corrected chi connectivity index (χ0v) is 12.4. The zero-order valence-electron chi connectivity index (χ0n) is 11.6. The van der Waals surface area contributed by atoms with Gasteiger partial charge >= 0.3 is 5.97 Å². The number of rotatable bonds is 9. The third-order valence-corrected chi connectivity index (χ3v) is 3.73. The number of carbonyl (C=O) groups is 2. The Balaban J connectivity index is 2.32. The SMILES string of the molecule is CCCC(CCNC(=O)c1csc(N)n1)CCC(=O)O. The molecule has 0 radical (unpaired) electrons. The number of aromatic nitrogens is 1. The first kappa shape index (κ1) is 16.4. The van der Waals surface area contributed by atoms with E-state index in [-0.39, 0.29) is 12.3 Å². The average Bonchev–Trinajstić information content (AvgIpc) is 2.82. The van der Waals surface area contributed by atoms with Crippen molar-refractivity contribution in [1.29, 1.82) is 0 Å². The maximum absolute atomic E-state index is 11.7. The Kier molecular flexibility index (Phi) is 7.00. The number of nitrogens with one attached hydrogen (secondary N) is 1. The number of anilines is 1. The number of aliphatic carboxylic acids is 1. The van der Waals surface area contributed by atoms with Crippen LogP contribution in [0, 0.1) is 5.92 Å². The normalized spacial score (nSPS) is 12.1. The lowest BCUT2D eigenvalue weighted by molar-refractivity contribution is -0.137. The van der Waals surface area contributed by atoms with Crippen molar-refractivity contribution in [2.75, 3.05) is 12.3 Å². The number of hydrogen-bond acceptors (Lipinski definition) is 5. The molecule has 0 spiro atoms. The maximum atomic E-state index is 11.7. The van der Waals surface area contributed by atoms with Gasteiger partial charge in [-0.25, -0.2) is 4.98 Å². The molecular weight excluding hydrogens is 278 g/mol. The lowest BCUT2D eigenvalue weighted by Crippen LogP contribution is -2.26. The van der Waals surface area contributed by atoms with Gasteiger partial charge in [0.15, 0.2) is 5.13 Å². The standard InChI is InChI=1S/C13H21N3O3S/c1-2-3-9(4-5-11(17)18)6-7-15-12(19)10-8-20-13(14)16-10/h8-9H,2-7H2,1H3,(H2,14,16)(H,15,19)(H,17,18). The summed E-state index contributed by atoms with van der Waals surface area (Å²) in [6, 6.07) is 0. The molecule has 1 unspecified atom stereocenters. The molecule has 1 rings (SSSR count). The quantitative estimate of drug-likeness (QED) is 0.647. The van der Waals surface area contributed by atoms with Crippen LogP contribution in [0.3, 0.4) is 0 Å². The highest BCUT2D eigenvalue weighted by atomic mass is 32.1. The van der Waals surface area contributed by atoms with Gasteiger partial charge in [-0.1, -0.05) is 19.8 Å². The van der Waals surface area contributed by atoms with Gasteiger partial charge in [0, 0.05) is 18.3 Å². The molecule has 7 heteroatoms. The number of carbonyl (C=O) groups excluding carboxylic acids is 1. The highest BCUT2D eigenvalue weighted by Crippen LogP contribution is 2.17. The Morgan fingerprint density at radius 2 is 2.20 bits per heavy atom. The molecule has 1 atom stereocenters. The zero-order chi connectivity index (χ0) is 15.0. The van der Waals surface area contributed by atoms with E-state index in [2.05, 4.69) is 17.2 Å². The highest BCUT2D eigenvalue weighted by Gasteiger charge is 2.12. The minimum Gasteiger partial charge on any atom is -0.481 e. The van der Waals surface area contributed by atoms with E-state index < -0.39 is 5.97 Å². The molecule has 4 N–H and O–H groups in total. The van der Waals surface area contributed by atoms with Crippen LogP contribution in [0.5, 0.6) is 0 Å². The first-order valence-electron chi connectivity index (χ1n) is 6.74. The van der Waals surface area contributed by atoms with E-state index in [4.69, 9.17) is 10.8 Å². The molecule has 0 aromatic carbocycles. The van der Waals surface area contributed by atoms with Gasteiger partial charge in [0.05, 0.1) is 0 Å². The van der Waals surface area contributed by atoms with Gasteiger partial charge in [-0.2, -0.15) is 0 Å². The van der Waals surface area contributed by atoms with E-state index in [0.717, 1.165) is 19.3 Å². The molecule has 0 aliphatic carbocycles. The summed E-state index contributed by atoms with van der Waals surface area (Å²) in [6.07, 6.45) is 3.62. The molecular formula is C13H21N3O3S. The Morgan fingerprint density at radius 3 is 2.75 bits per heavy atom. The predicted molar refractivity (Wildman–Crippen MR) is 78.7 cm³/mol. The van der Waals surface area contributed by atoms with Crippen molar-refractivity contribution in [3.63, 3.8) is 0 Å². The first-order valence-corrected chi connectivity index (χ1v) is 7.61. The minimum absolute atomic E-state index is 0.182. The summed E-state index contributed by atoms with van der Waals surface area (Å²) in [7, 11) is 0. The van der Waals surface area contributed by atoms with Crippen LogP contribution in [0.25, 0.3) is 0 Å². The maximum Gasteiger partial charge on any atom is 0.303 e. The molecule has 1 aromatic heterocycles. The van der Waals surface area contributed by atoms with Gasteiger partial charge in [0.2, 0.25) is 0 Å². The summed E-state index contributed by atoms with van der Waals surface area (Å²) >= 11 is 1.23. The van der Waals surface area contributed by atoms with E-state index in [1.54, 1.807) is 5.38 Å². The van der Waals surface area contributed by atoms with Gasteiger partial charge in [-0.3, -0.25) is 9.59 Å². The Labute approximate surface area is 122 Å². The van der Waals surface area contributed by atoms with Crippen molar-refractivity contribution in [2.24, 2.45) is 5.92 Å². The summed E-state index contributed by atoms with van der Waals surface area (Å²) in [4.78, 5) is 26.2. The van der Waals surface area contributed by atoms with Crippen molar-refractivity contribution < 1.29 is 14.7 Å². The van der Waals surface area contributed by atoms with Crippen molar-refractivity contribution in [2.45, 2.75) is 39.0 Å². The molecule has 1 amide bonds. The van der Waals surface area contributed by atoms with Crippen LogP contribution in [0.1, 0.15) is 49.5 Å². The van der Waals surface area contributed by atoms with E-state index in [9.17, 15) is 9.59 Å². The molecule has 20 heavy (non-hydrogen) atoms. The second-order valence-electron chi connectivity index (χ2n) is 4.70. The third-order valence-electron chi connectivity index (χ3n) is 3.06. The van der Waals surface area contributed by atoms with Crippen molar-refractivity contribution in [1.82, 2.24) is 10.3 Å². The molecule has 0 fully saturated rings. The van der Waals surface area contributed by atoms with Gasteiger partial charge < -0.3 is 16.2 Å². The molecule has 112 valence electrons. The van der Waals surface area contributed by atoms with E-state index >= 15 is 0 Å². The van der Waals surface area contributed by atoms with Crippen LogP contribution in [0.15, 0.2) is 5.38 Å². The van der Waals surface area contributed by atoms with E-state index in [1.165, 1.54) is 11.3 Å². The van der Waals surface area contributed by atoms with Gasteiger partial charge in [0.25, 0.3) is 5.91 Å². The van der Waals surface area contributed by atoms with Gasteiger partial charge in [-0.05, 0) is 18.8 Å². The number of carboxylic acids is 1. The number of hydrogen-bond donors (Lipinski definition) is 3. The topological polar surface area (TPSA) is 105 Å². The number of amides is 1. The monoisotopic (exact) mass is 299 g/mol. The summed E-state index contributed by atoms with van der Waals surface area (Å²) in [5.41, 5.74) is 5.81. The van der Waals surface area contributed by atoms with Crippen LogP contribution in [-0.2, 0) is 4.79 Å². The predicted octanol–water partition coefficient (Wildman–Crippen LogP) is 2.13. The number of carboxylic acid groups (broad SMARTS) is 1. The van der Waals surface area contributed by atoms with E-state index in [0.29, 0.717) is 29.7 Å². The van der Waals surface area contributed by atoms with Crippen LogP contribution < -0.4 is 11.1 Å². The molecule has 0 aliphatic rings. The fraction of sp³-hybridized carbons (Fsp3) is 0.615. The Bertz CT molecular complexity index is 448. The number of nitrogens with zero attached hydrogens (tertiary/aromatic N) is 1.